The number of anilines is 1. The van der Waals surface area contributed by atoms with E-state index < -0.39 is 38.8 Å². The van der Waals surface area contributed by atoms with Crippen molar-refractivity contribution in [2.45, 2.75) is 11.8 Å². The molecule has 8 heteroatoms. The van der Waals surface area contributed by atoms with Gasteiger partial charge in [-0.3, -0.25) is 4.72 Å². The van der Waals surface area contributed by atoms with Crippen LogP contribution in [0.4, 0.5) is 10.1 Å². The van der Waals surface area contributed by atoms with E-state index in [1.165, 1.54) is 12.1 Å². The smallest absolute Gasteiger partial charge is 0.342 e. The van der Waals surface area contributed by atoms with E-state index in [-0.39, 0.29) is 4.90 Å². The Morgan fingerprint density at radius 3 is 2.27 bits per heavy atom. The van der Waals surface area contributed by atoms with E-state index in [1.807, 2.05) is 4.72 Å². The second-order valence-electron chi connectivity index (χ2n) is 4.54. The SMILES string of the molecule is Cc1ccc(S(=O)(=O)Nc2ccc(F)c(C(=O)O)c2O)cc1. The Hall–Kier alpha value is -2.61. The minimum absolute atomic E-state index is 0.0706. The fraction of sp³-hybridized carbons (Fsp3) is 0.0714. The Labute approximate surface area is 125 Å². The Bertz CT molecular complexity index is 831. The van der Waals surface area contributed by atoms with Gasteiger partial charge in [-0.05, 0) is 31.2 Å². The lowest BCUT2D eigenvalue weighted by Gasteiger charge is -2.11. The zero-order valence-corrected chi connectivity index (χ0v) is 12.2. The van der Waals surface area contributed by atoms with E-state index >= 15 is 0 Å². The molecule has 0 saturated carbocycles. The summed E-state index contributed by atoms with van der Waals surface area (Å²) in [6, 6.07) is 7.59. The zero-order valence-electron chi connectivity index (χ0n) is 11.4. The van der Waals surface area contributed by atoms with E-state index in [2.05, 4.69) is 0 Å². The highest BCUT2D eigenvalue weighted by atomic mass is 32.2. The molecule has 2 rings (SSSR count). The Morgan fingerprint density at radius 2 is 1.73 bits per heavy atom. The molecule has 22 heavy (non-hydrogen) atoms. The van der Waals surface area contributed by atoms with Crippen LogP contribution in [0.2, 0.25) is 0 Å². The number of hydrogen-bond donors (Lipinski definition) is 3. The Morgan fingerprint density at radius 1 is 1.14 bits per heavy atom. The summed E-state index contributed by atoms with van der Waals surface area (Å²) in [5.74, 6) is -3.85. The first-order valence-electron chi connectivity index (χ1n) is 6.06. The van der Waals surface area contributed by atoms with Gasteiger partial charge in [-0.15, -0.1) is 0 Å². The molecule has 0 spiro atoms. The van der Waals surface area contributed by atoms with Crippen LogP contribution in [0, 0.1) is 12.7 Å². The van der Waals surface area contributed by atoms with E-state index in [0.717, 1.165) is 17.7 Å². The van der Waals surface area contributed by atoms with Crippen molar-refractivity contribution in [3.8, 4) is 5.75 Å². The van der Waals surface area contributed by atoms with Crippen LogP contribution >= 0.6 is 0 Å². The maximum absolute atomic E-state index is 13.4. The molecule has 0 heterocycles. The largest absolute Gasteiger partial charge is 0.505 e. The molecule has 0 aliphatic heterocycles. The Balaban J connectivity index is 2.44. The molecule has 2 aromatic carbocycles. The number of sulfonamides is 1. The number of hydrogen-bond acceptors (Lipinski definition) is 4. The van der Waals surface area contributed by atoms with Gasteiger partial charge in [0.1, 0.15) is 11.4 Å². The second-order valence-corrected chi connectivity index (χ2v) is 6.22. The van der Waals surface area contributed by atoms with Crippen molar-refractivity contribution in [3.63, 3.8) is 0 Å². The lowest BCUT2D eigenvalue weighted by Crippen LogP contribution is -2.14. The molecule has 0 radical (unpaired) electrons. The number of aromatic hydroxyl groups is 1. The molecule has 0 aliphatic carbocycles. The fourth-order valence-corrected chi connectivity index (χ4v) is 2.84. The summed E-state index contributed by atoms with van der Waals surface area (Å²) >= 11 is 0. The van der Waals surface area contributed by atoms with Crippen molar-refractivity contribution in [1.29, 1.82) is 0 Å². The minimum atomic E-state index is -4.03. The number of carbonyl (C=O) groups is 1. The van der Waals surface area contributed by atoms with Gasteiger partial charge in [0.15, 0.2) is 5.75 Å². The number of carboxylic acids is 1. The lowest BCUT2D eigenvalue weighted by atomic mass is 10.1. The number of aromatic carboxylic acids is 1. The standard InChI is InChI=1S/C14H12FNO5S/c1-8-2-4-9(5-3-8)22(20,21)16-11-7-6-10(15)12(13(11)17)14(18)19/h2-7,16-17H,1H3,(H,18,19). The first kappa shape index (κ1) is 15.8. The number of aryl methyl sites for hydroxylation is 1. The summed E-state index contributed by atoms with van der Waals surface area (Å²) in [5, 5.41) is 18.6. The molecule has 116 valence electrons. The third kappa shape index (κ3) is 3.01. The van der Waals surface area contributed by atoms with E-state index in [4.69, 9.17) is 5.11 Å². The highest BCUT2D eigenvalue weighted by Crippen LogP contribution is 2.31. The van der Waals surface area contributed by atoms with Crippen LogP contribution in [0.25, 0.3) is 0 Å². The average Bonchev–Trinajstić information content (AvgIpc) is 2.42. The number of carboxylic acid groups (broad SMARTS) is 1. The van der Waals surface area contributed by atoms with Gasteiger partial charge in [0.2, 0.25) is 0 Å². The molecule has 0 saturated heterocycles. The molecule has 3 N–H and O–H groups in total. The predicted octanol–water partition coefficient (Wildman–Crippen LogP) is 2.34. The Kier molecular flexibility index (Phi) is 4.05. The van der Waals surface area contributed by atoms with Gasteiger partial charge in [-0.1, -0.05) is 17.7 Å². The highest BCUT2D eigenvalue weighted by Gasteiger charge is 2.22. The molecule has 0 amide bonds. The van der Waals surface area contributed by atoms with Gasteiger partial charge < -0.3 is 10.2 Å². The number of nitrogens with one attached hydrogen (secondary N) is 1. The predicted molar refractivity (Wildman–Crippen MR) is 77.0 cm³/mol. The summed E-state index contributed by atoms with van der Waals surface area (Å²) in [6.45, 7) is 1.79. The molecule has 0 unspecified atom stereocenters. The summed E-state index contributed by atoms with van der Waals surface area (Å²) < 4.78 is 39.7. The maximum atomic E-state index is 13.4. The van der Waals surface area contributed by atoms with Gasteiger partial charge in [0.25, 0.3) is 10.0 Å². The first-order valence-corrected chi connectivity index (χ1v) is 7.55. The summed E-state index contributed by atoms with van der Waals surface area (Å²) in [5.41, 5.74) is -0.555. The van der Waals surface area contributed by atoms with Gasteiger partial charge in [0, 0.05) is 0 Å². The van der Waals surface area contributed by atoms with Crippen LogP contribution in [0.5, 0.6) is 5.75 Å². The van der Waals surface area contributed by atoms with Crippen molar-refractivity contribution < 1.29 is 27.8 Å². The molecule has 6 nitrogen and oxygen atoms in total. The van der Waals surface area contributed by atoms with Crippen LogP contribution in [-0.2, 0) is 10.0 Å². The average molecular weight is 325 g/mol. The molecule has 2 aromatic rings. The third-order valence-electron chi connectivity index (χ3n) is 2.92. The number of rotatable bonds is 4. The van der Waals surface area contributed by atoms with Crippen molar-refractivity contribution in [3.05, 3.63) is 53.3 Å². The molecule has 0 bridgehead atoms. The fourth-order valence-electron chi connectivity index (χ4n) is 1.77. The molecule has 0 aromatic heterocycles. The van der Waals surface area contributed by atoms with Crippen LogP contribution in [0.3, 0.4) is 0 Å². The van der Waals surface area contributed by atoms with Crippen LogP contribution in [0.1, 0.15) is 15.9 Å². The van der Waals surface area contributed by atoms with Gasteiger partial charge in [0.05, 0.1) is 10.6 Å². The van der Waals surface area contributed by atoms with Crippen molar-refractivity contribution in [2.75, 3.05) is 4.72 Å². The highest BCUT2D eigenvalue weighted by molar-refractivity contribution is 7.92. The van der Waals surface area contributed by atoms with Crippen LogP contribution in [0.15, 0.2) is 41.3 Å². The third-order valence-corrected chi connectivity index (χ3v) is 4.30. The van der Waals surface area contributed by atoms with E-state index in [9.17, 15) is 22.7 Å². The minimum Gasteiger partial charge on any atom is -0.505 e. The topological polar surface area (TPSA) is 104 Å². The van der Waals surface area contributed by atoms with Gasteiger partial charge in [-0.25, -0.2) is 17.6 Å². The maximum Gasteiger partial charge on any atom is 0.342 e. The lowest BCUT2D eigenvalue weighted by molar-refractivity contribution is 0.0688. The van der Waals surface area contributed by atoms with E-state index in [1.54, 1.807) is 19.1 Å². The quantitative estimate of drug-likeness (QED) is 0.749. The number of benzene rings is 2. The van der Waals surface area contributed by atoms with Crippen molar-refractivity contribution >= 4 is 21.7 Å². The molecule has 0 atom stereocenters. The normalized spacial score (nSPS) is 11.2. The molecular formula is C14H12FNO5S. The first-order chi connectivity index (χ1) is 10.2. The second kappa shape index (κ2) is 5.64. The van der Waals surface area contributed by atoms with Crippen molar-refractivity contribution in [2.24, 2.45) is 0 Å². The molecule has 0 aliphatic rings. The number of phenols is 1. The number of halogens is 1. The van der Waals surface area contributed by atoms with Crippen molar-refractivity contribution in [1.82, 2.24) is 0 Å². The summed E-state index contributed by atoms with van der Waals surface area (Å²) in [6.07, 6.45) is 0. The monoisotopic (exact) mass is 325 g/mol. The summed E-state index contributed by atoms with van der Waals surface area (Å²) in [4.78, 5) is 10.8. The van der Waals surface area contributed by atoms with E-state index in [0.29, 0.717) is 0 Å². The molecular weight excluding hydrogens is 313 g/mol. The van der Waals surface area contributed by atoms with Crippen LogP contribution < -0.4 is 4.72 Å². The summed E-state index contributed by atoms with van der Waals surface area (Å²) in [7, 11) is -4.03. The van der Waals surface area contributed by atoms with Crippen LogP contribution in [-0.4, -0.2) is 24.6 Å². The van der Waals surface area contributed by atoms with Gasteiger partial charge in [-0.2, -0.15) is 0 Å². The van der Waals surface area contributed by atoms with Gasteiger partial charge >= 0.3 is 5.97 Å². The zero-order chi connectivity index (χ0) is 16.5. The molecule has 0 fully saturated rings.